The van der Waals surface area contributed by atoms with Gasteiger partial charge in [0, 0.05) is 18.1 Å². The van der Waals surface area contributed by atoms with Crippen LogP contribution in [0.3, 0.4) is 0 Å². The average molecular weight is 562 g/mol. The van der Waals surface area contributed by atoms with Crippen molar-refractivity contribution >= 4 is 10.1 Å². The van der Waals surface area contributed by atoms with Crippen LogP contribution in [0.5, 0.6) is 0 Å². The van der Waals surface area contributed by atoms with Crippen LogP contribution in [0.4, 0.5) is 39.5 Å². The fourth-order valence-corrected chi connectivity index (χ4v) is 3.53. The van der Waals surface area contributed by atoms with Crippen LogP contribution in [0, 0.1) is 6.92 Å². The number of unbranched alkanes of at least 4 members (excludes halogenated alkanes) is 9. The molecule has 0 spiro atoms. The van der Waals surface area contributed by atoms with Gasteiger partial charge in [0.05, 0.1) is 0 Å². The molecule has 36 heavy (non-hydrogen) atoms. The number of rotatable bonds is 14. The molecule has 14 heteroatoms. The van der Waals surface area contributed by atoms with E-state index in [9.17, 15) is 52.5 Å². The van der Waals surface area contributed by atoms with Crippen molar-refractivity contribution in [2.75, 3.05) is 0 Å². The van der Waals surface area contributed by atoms with E-state index in [-0.39, 0.29) is 0 Å². The summed E-state index contributed by atoms with van der Waals surface area (Å²) in [7, 11) is -7.42. The van der Waals surface area contributed by atoms with Crippen LogP contribution in [0.15, 0.2) is 24.5 Å². The summed E-state index contributed by atoms with van der Waals surface area (Å²) >= 11 is 0. The van der Waals surface area contributed by atoms with E-state index < -0.39 is 33.4 Å². The lowest BCUT2D eigenvalue weighted by atomic mass is 10.1. The molecule has 0 aliphatic rings. The third-order valence-corrected chi connectivity index (χ3v) is 6.09. The van der Waals surface area contributed by atoms with Crippen LogP contribution < -0.4 is 4.57 Å². The first-order valence-corrected chi connectivity index (χ1v) is 12.8. The fourth-order valence-electron chi connectivity index (χ4n) is 3.09. The quantitative estimate of drug-likeness (QED) is 0.105. The average Bonchev–Trinajstić information content (AvgIpc) is 2.74. The van der Waals surface area contributed by atoms with Gasteiger partial charge >= 0.3 is 23.3 Å². The van der Waals surface area contributed by atoms with E-state index in [0.717, 1.165) is 0 Å². The maximum Gasteiger partial charge on any atom is 0.460 e. The molecule has 0 saturated carbocycles. The predicted octanol–water partition coefficient (Wildman–Crippen LogP) is 7.16. The van der Waals surface area contributed by atoms with Gasteiger partial charge in [0.2, 0.25) is 0 Å². The summed E-state index contributed by atoms with van der Waals surface area (Å²) in [6.07, 6.45) is 11.4. The largest absolute Gasteiger partial charge is 0.743 e. The molecule has 0 amide bonds. The molecule has 0 unspecified atom stereocenters. The molecule has 0 bridgehead atoms. The maximum atomic E-state index is 12.2. The van der Waals surface area contributed by atoms with Gasteiger partial charge in [-0.1, -0.05) is 58.3 Å². The standard InChI is InChI=1S/C18H32N.C4HF9O3S/c1-3-4-5-6-7-8-9-10-11-12-15-19-16-13-14-18(2)17-19;5-1(6,3(9,10)11)2(7,8)4(12,13)17(14,15)16/h13-14,16-17H,3-12,15H2,1-2H3;(H,14,15,16)/q+1;/p-1. The van der Waals surface area contributed by atoms with Crippen LogP contribution in [0.1, 0.15) is 76.7 Å². The first-order valence-electron chi connectivity index (χ1n) is 11.4. The molecule has 0 atom stereocenters. The number of nitrogens with zero attached hydrogens (tertiary/aromatic N) is 1. The van der Waals surface area contributed by atoms with Gasteiger partial charge in [0.1, 0.15) is 6.54 Å². The number of hydrogen-bond acceptors (Lipinski definition) is 3. The molecule has 1 aromatic rings. The van der Waals surface area contributed by atoms with Gasteiger partial charge in [-0.15, -0.1) is 0 Å². The van der Waals surface area contributed by atoms with E-state index in [4.69, 9.17) is 0 Å². The summed E-state index contributed by atoms with van der Waals surface area (Å²) in [5.41, 5.74) is 1.36. The minimum atomic E-state index is -7.43. The van der Waals surface area contributed by atoms with Crippen molar-refractivity contribution in [1.82, 2.24) is 0 Å². The first kappa shape index (κ1) is 34.4. The molecular formula is C22H32F9NO3S. The van der Waals surface area contributed by atoms with E-state index in [1.54, 1.807) is 0 Å². The number of aryl methyl sites for hydroxylation is 2. The van der Waals surface area contributed by atoms with Gasteiger partial charge in [0.15, 0.2) is 22.5 Å². The lowest BCUT2D eigenvalue weighted by Gasteiger charge is -2.34. The highest BCUT2D eigenvalue weighted by atomic mass is 32.2. The van der Waals surface area contributed by atoms with Crippen molar-refractivity contribution in [3.05, 3.63) is 30.1 Å². The topological polar surface area (TPSA) is 61.1 Å². The third-order valence-electron chi connectivity index (χ3n) is 5.21. The van der Waals surface area contributed by atoms with E-state index in [0.29, 0.717) is 0 Å². The molecule has 1 rings (SSSR count). The van der Waals surface area contributed by atoms with E-state index in [1.807, 2.05) is 0 Å². The molecule has 4 nitrogen and oxygen atoms in total. The van der Waals surface area contributed by atoms with Gasteiger partial charge in [-0.3, -0.25) is 0 Å². The van der Waals surface area contributed by atoms with Crippen molar-refractivity contribution in [2.45, 2.75) is 108 Å². The van der Waals surface area contributed by atoms with Crippen molar-refractivity contribution in [2.24, 2.45) is 0 Å². The zero-order valence-electron chi connectivity index (χ0n) is 20.1. The van der Waals surface area contributed by atoms with Crippen LogP contribution in [-0.4, -0.2) is 36.2 Å². The minimum Gasteiger partial charge on any atom is -0.743 e. The Kier molecular flexibility index (Phi) is 13.8. The second-order valence-electron chi connectivity index (χ2n) is 8.42. The molecule has 0 fully saturated rings. The SMILES string of the molecule is CCCCCCCCCCCC[n+]1cccc(C)c1.O=S(=O)([O-])C(F)(F)C(F)(F)C(F)(F)C(F)(F)F. The molecule has 0 aliphatic heterocycles. The maximum absolute atomic E-state index is 12.2. The molecule has 0 aliphatic carbocycles. The van der Waals surface area contributed by atoms with Crippen molar-refractivity contribution in [1.29, 1.82) is 0 Å². The molecule has 1 aromatic heterocycles. The van der Waals surface area contributed by atoms with Crippen molar-refractivity contribution < 1.29 is 57.1 Å². The van der Waals surface area contributed by atoms with Crippen LogP contribution in [0.25, 0.3) is 0 Å². The zero-order chi connectivity index (χ0) is 28.3. The highest BCUT2D eigenvalue weighted by Crippen LogP contribution is 2.54. The monoisotopic (exact) mass is 561 g/mol. The molecule has 0 aromatic carbocycles. The molecule has 212 valence electrons. The molecule has 0 N–H and O–H groups in total. The van der Waals surface area contributed by atoms with Crippen LogP contribution >= 0.6 is 0 Å². The number of aromatic nitrogens is 1. The highest BCUT2D eigenvalue weighted by molar-refractivity contribution is 7.86. The number of pyridine rings is 1. The van der Waals surface area contributed by atoms with E-state index in [2.05, 4.69) is 42.9 Å². The Labute approximate surface area is 205 Å². The number of halogens is 9. The second-order valence-corrected chi connectivity index (χ2v) is 9.84. The predicted molar refractivity (Wildman–Crippen MR) is 114 cm³/mol. The molecule has 1 heterocycles. The summed E-state index contributed by atoms with van der Waals surface area (Å²) in [4.78, 5) is 0. The summed E-state index contributed by atoms with van der Waals surface area (Å²) in [5.74, 6) is -14.8. The summed E-state index contributed by atoms with van der Waals surface area (Å²) in [6.45, 7) is 5.62. The van der Waals surface area contributed by atoms with Gasteiger partial charge in [-0.25, -0.2) is 13.0 Å². The molecule has 0 saturated heterocycles. The minimum absolute atomic E-state index is 1.18. The molecular weight excluding hydrogens is 529 g/mol. The van der Waals surface area contributed by atoms with E-state index >= 15 is 0 Å². The smallest absolute Gasteiger partial charge is 0.460 e. The Hall–Kier alpha value is -1.57. The Balaban J connectivity index is 0.000000686. The lowest BCUT2D eigenvalue weighted by Crippen LogP contribution is -2.63. The third kappa shape index (κ3) is 10.1. The normalized spacial score (nSPS) is 13.3. The van der Waals surface area contributed by atoms with E-state index in [1.165, 1.54) is 76.3 Å². The van der Waals surface area contributed by atoms with Crippen LogP contribution in [0.2, 0.25) is 0 Å². The summed E-state index contributed by atoms with van der Waals surface area (Å²) < 4.78 is 138. The van der Waals surface area contributed by atoms with Gasteiger partial charge in [-0.2, -0.15) is 39.5 Å². The van der Waals surface area contributed by atoms with Gasteiger partial charge < -0.3 is 4.55 Å². The first-order chi connectivity index (χ1) is 16.3. The summed E-state index contributed by atoms with van der Waals surface area (Å²) in [5, 5.41) is -7.11. The molecule has 0 radical (unpaired) electrons. The fraction of sp³-hybridized carbons (Fsp3) is 0.773. The Bertz CT molecular complexity index is 876. The van der Waals surface area contributed by atoms with Crippen molar-refractivity contribution in [3.63, 3.8) is 0 Å². The number of hydrogen-bond donors (Lipinski definition) is 0. The highest BCUT2D eigenvalue weighted by Gasteiger charge is 2.83. The number of alkyl halides is 9. The van der Waals surface area contributed by atoms with Gasteiger partial charge in [0.25, 0.3) is 0 Å². The van der Waals surface area contributed by atoms with Crippen molar-refractivity contribution in [3.8, 4) is 0 Å². The Morgan fingerprint density at radius 2 is 1.22 bits per heavy atom. The van der Waals surface area contributed by atoms with Gasteiger partial charge in [-0.05, 0) is 19.4 Å². The summed E-state index contributed by atoms with van der Waals surface area (Å²) in [6, 6.07) is 4.31. The zero-order valence-corrected chi connectivity index (χ0v) is 20.9. The van der Waals surface area contributed by atoms with Crippen LogP contribution in [-0.2, 0) is 16.7 Å². The lowest BCUT2D eigenvalue weighted by molar-refractivity contribution is -0.697. The second kappa shape index (κ2) is 14.4. The Morgan fingerprint density at radius 1 is 0.778 bits per heavy atom. The Morgan fingerprint density at radius 3 is 1.61 bits per heavy atom.